The van der Waals surface area contributed by atoms with Gasteiger partial charge in [0, 0.05) is 36.6 Å². The Morgan fingerprint density at radius 3 is 2.86 bits per heavy atom. The fourth-order valence-electron chi connectivity index (χ4n) is 2.65. The van der Waals surface area contributed by atoms with Crippen molar-refractivity contribution in [3.63, 3.8) is 0 Å². The van der Waals surface area contributed by atoms with Gasteiger partial charge in [0.1, 0.15) is 5.60 Å². The minimum absolute atomic E-state index is 0.226. The number of hydrogen-bond donors (Lipinski definition) is 1. The van der Waals surface area contributed by atoms with Crippen LogP contribution in [0.5, 0.6) is 0 Å². The van der Waals surface area contributed by atoms with Gasteiger partial charge in [0.05, 0.1) is 5.01 Å². The summed E-state index contributed by atoms with van der Waals surface area (Å²) in [5, 5.41) is 3.14. The number of hydrogen-bond acceptors (Lipinski definition) is 5. The second kappa shape index (κ2) is 6.32. The van der Waals surface area contributed by atoms with Crippen LogP contribution in [0.1, 0.15) is 43.8 Å². The molecule has 0 saturated carbocycles. The lowest BCUT2D eigenvalue weighted by Crippen LogP contribution is -2.36. The fourth-order valence-corrected chi connectivity index (χ4v) is 3.65. The van der Waals surface area contributed by atoms with Gasteiger partial charge in [-0.3, -0.25) is 0 Å². The number of rotatable bonds is 3. The number of likely N-dealkylation sites (tertiary alicyclic amines) is 1. The third kappa shape index (κ3) is 4.17. The second-order valence-electron chi connectivity index (χ2n) is 6.64. The molecule has 2 unspecified atom stereocenters. The van der Waals surface area contributed by atoms with Crippen LogP contribution in [0.4, 0.5) is 4.79 Å². The molecule has 118 valence electrons. The van der Waals surface area contributed by atoms with E-state index in [1.807, 2.05) is 27.7 Å². The van der Waals surface area contributed by atoms with E-state index in [0.717, 1.165) is 23.7 Å². The van der Waals surface area contributed by atoms with E-state index in [1.165, 1.54) is 0 Å². The quantitative estimate of drug-likeness (QED) is 0.932. The number of carbonyl (C=O) groups is 1. The van der Waals surface area contributed by atoms with Gasteiger partial charge in [-0.1, -0.05) is 0 Å². The van der Waals surface area contributed by atoms with E-state index in [2.05, 4.69) is 10.4 Å². The Labute approximate surface area is 130 Å². The highest BCUT2D eigenvalue weighted by molar-refractivity contribution is 7.09. The topological polar surface area (TPSA) is 68.5 Å². The highest BCUT2D eigenvalue weighted by atomic mass is 32.1. The van der Waals surface area contributed by atoms with Crippen LogP contribution >= 0.6 is 11.3 Å². The van der Waals surface area contributed by atoms with Crippen LogP contribution in [-0.2, 0) is 4.74 Å². The molecule has 1 amide bonds. The van der Waals surface area contributed by atoms with Gasteiger partial charge in [-0.05, 0) is 40.0 Å². The van der Waals surface area contributed by atoms with Gasteiger partial charge in [0.25, 0.3) is 0 Å². The van der Waals surface area contributed by atoms with E-state index >= 15 is 0 Å². The average molecular weight is 311 g/mol. The molecule has 1 fully saturated rings. The molecule has 2 rings (SSSR count). The summed E-state index contributed by atoms with van der Waals surface area (Å²) in [6.45, 7) is 9.67. The molecule has 5 nitrogen and oxygen atoms in total. The van der Waals surface area contributed by atoms with Gasteiger partial charge < -0.3 is 15.4 Å². The highest BCUT2D eigenvalue weighted by Gasteiger charge is 2.35. The van der Waals surface area contributed by atoms with Crippen molar-refractivity contribution in [1.29, 1.82) is 0 Å². The Morgan fingerprint density at radius 2 is 2.33 bits per heavy atom. The number of thiazole rings is 1. The van der Waals surface area contributed by atoms with Crippen molar-refractivity contribution in [2.45, 2.75) is 45.6 Å². The zero-order valence-corrected chi connectivity index (χ0v) is 14.1. The summed E-state index contributed by atoms with van der Waals surface area (Å²) in [7, 11) is 0. The van der Waals surface area contributed by atoms with Crippen molar-refractivity contribution in [1.82, 2.24) is 9.88 Å². The number of nitrogens with zero attached hydrogens (tertiary/aromatic N) is 2. The molecule has 0 aliphatic carbocycles. The molecule has 1 aliphatic rings. The van der Waals surface area contributed by atoms with E-state index in [1.54, 1.807) is 16.2 Å². The van der Waals surface area contributed by atoms with Crippen molar-refractivity contribution in [3.05, 3.63) is 16.1 Å². The Hall–Kier alpha value is -1.14. The van der Waals surface area contributed by atoms with Crippen molar-refractivity contribution in [3.8, 4) is 0 Å². The molecule has 0 bridgehead atoms. The summed E-state index contributed by atoms with van der Waals surface area (Å²) in [5.41, 5.74) is 6.54. The molecule has 2 atom stereocenters. The first-order valence-corrected chi connectivity index (χ1v) is 8.28. The predicted molar refractivity (Wildman–Crippen MR) is 84.6 cm³/mol. The second-order valence-corrected chi connectivity index (χ2v) is 7.53. The van der Waals surface area contributed by atoms with Crippen LogP contribution in [0.2, 0.25) is 0 Å². The average Bonchev–Trinajstić information content (AvgIpc) is 2.98. The van der Waals surface area contributed by atoms with Gasteiger partial charge in [-0.2, -0.15) is 0 Å². The van der Waals surface area contributed by atoms with Gasteiger partial charge in [0.15, 0.2) is 0 Å². The maximum absolute atomic E-state index is 12.1. The fraction of sp³-hybridized carbons (Fsp3) is 0.733. The number of carbonyl (C=O) groups excluding carboxylic acids is 1. The van der Waals surface area contributed by atoms with Crippen LogP contribution in [0.15, 0.2) is 5.38 Å². The maximum Gasteiger partial charge on any atom is 0.410 e. The van der Waals surface area contributed by atoms with E-state index in [0.29, 0.717) is 19.0 Å². The minimum atomic E-state index is -0.450. The van der Waals surface area contributed by atoms with E-state index in [4.69, 9.17) is 10.5 Å². The van der Waals surface area contributed by atoms with Gasteiger partial charge in [-0.15, -0.1) is 11.3 Å². The molecule has 1 aromatic rings. The smallest absolute Gasteiger partial charge is 0.410 e. The SMILES string of the molecule is Cc1csc(C(CN)C2CCN(C(=O)OC(C)(C)C)C2)n1. The number of nitrogens with two attached hydrogens (primary N) is 1. The molecule has 2 heterocycles. The molecular formula is C15H25N3O2S. The third-order valence-electron chi connectivity index (χ3n) is 3.65. The van der Waals surface area contributed by atoms with Gasteiger partial charge in [0.2, 0.25) is 0 Å². The summed E-state index contributed by atoms with van der Waals surface area (Å²) in [5.74, 6) is 0.601. The molecule has 1 aromatic heterocycles. The Balaban J connectivity index is 1.99. The monoisotopic (exact) mass is 311 g/mol. The Kier molecular flexibility index (Phi) is 4.88. The third-order valence-corrected chi connectivity index (χ3v) is 4.75. The zero-order chi connectivity index (χ0) is 15.6. The highest BCUT2D eigenvalue weighted by Crippen LogP contribution is 2.33. The Bertz CT molecular complexity index is 495. The first-order chi connectivity index (χ1) is 9.80. The summed E-state index contributed by atoms with van der Waals surface area (Å²) in [4.78, 5) is 18.5. The number of aryl methyl sites for hydroxylation is 1. The first kappa shape index (κ1) is 16.2. The number of amides is 1. The summed E-state index contributed by atoms with van der Waals surface area (Å²) in [6, 6.07) is 0. The standard InChI is InChI=1S/C15H25N3O2S/c1-10-9-21-13(17-10)12(7-16)11-5-6-18(8-11)14(19)20-15(2,3)4/h9,11-12H,5-8,16H2,1-4H3. The van der Waals surface area contributed by atoms with Crippen LogP contribution in [-0.4, -0.2) is 41.2 Å². The van der Waals surface area contributed by atoms with Crippen molar-refractivity contribution >= 4 is 17.4 Å². The molecule has 0 radical (unpaired) electrons. The van der Waals surface area contributed by atoms with Crippen molar-refractivity contribution < 1.29 is 9.53 Å². The lowest BCUT2D eigenvalue weighted by molar-refractivity contribution is 0.0286. The number of ether oxygens (including phenoxy) is 1. The van der Waals surface area contributed by atoms with Crippen molar-refractivity contribution in [2.24, 2.45) is 11.7 Å². The molecule has 21 heavy (non-hydrogen) atoms. The van der Waals surface area contributed by atoms with E-state index in [-0.39, 0.29) is 12.0 Å². The molecule has 0 spiro atoms. The minimum Gasteiger partial charge on any atom is -0.444 e. The molecule has 6 heteroatoms. The van der Waals surface area contributed by atoms with Crippen LogP contribution in [0.25, 0.3) is 0 Å². The van der Waals surface area contributed by atoms with Gasteiger partial charge >= 0.3 is 6.09 Å². The molecule has 1 aliphatic heterocycles. The predicted octanol–water partition coefficient (Wildman–Crippen LogP) is 2.75. The molecule has 0 aromatic carbocycles. The van der Waals surface area contributed by atoms with Crippen LogP contribution < -0.4 is 5.73 Å². The summed E-state index contributed by atoms with van der Waals surface area (Å²) in [6.07, 6.45) is 0.732. The summed E-state index contributed by atoms with van der Waals surface area (Å²) >= 11 is 1.66. The van der Waals surface area contributed by atoms with Crippen molar-refractivity contribution in [2.75, 3.05) is 19.6 Å². The lowest BCUT2D eigenvalue weighted by atomic mass is 9.92. The Morgan fingerprint density at radius 1 is 1.62 bits per heavy atom. The lowest BCUT2D eigenvalue weighted by Gasteiger charge is -2.25. The number of aromatic nitrogens is 1. The molecule has 1 saturated heterocycles. The summed E-state index contributed by atoms with van der Waals surface area (Å²) < 4.78 is 5.44. The van der Waals surface area contributed by atoms with Crippen LogP contribution in [0.3, 0.4) is 0 Å². The zero-order valence-electron chi connectivity index (χ0n) is 13.3. The molecule has 2 N–H and O–H groups in total. The largest absolute Gasteiger partial charge is 0.444 e. The normalized spacial score (nSPS) is 20.6. The van der Waals surface area contributed by atoms with Crippen LogP contribution in [0, 0.1) is 12.8 Å². The first-order valence-electron chi connectivity index (χ1n) is 7.40. The van der Waals surface area contributed by atoms with E-state index in [9.17, 15) is 4.79 Å². The van der Waals surface area contributed by atoms with Gasteiger partial charge in [-0.25, -0.2) is 9.78 Å². The van der Waals surface area contributed by atoms with E-state index < -0.39 is 5.60 Å². The maximum atomic E-state index is 12.1. The molecular weight excluding hydrogens is 286 g/mol.